The fraction of sp³-hybridized carbons (Fsp3) is 0.600. The number of nitrogens with zero attached hydrogens (tertiary/aromatic N) is 2. The lowest BCUT2D eigenvalue weighted by Gasteiger charge is -2.32. The Hall–Kier alpha value is -1.78. The lowest BCUT2D eigenvalue weighted by Crippen LogP contribution is -2.44. The predicted molar refractivity (Wildman–Crippen MR) is 74.8 cm³/mol. The van der Waals surface area contributed by atoms with Crippen molar-refractivity contribution in [3.63, 3.8) is 0 Å². The summed E-state index contributed by atoms with van der Waals surface area (Å²) in [4.78, 5) is 27.3. The molecular formula is C15H22N2O3. The van der Waals surface area contributed by atoms with Gasteiger partial charge in [-0.3, -0.25) is 9.59 Å². The maximum atomic E-state index is 12.2. The van der Waals surface area contributed by atoms with Gasteiger partial charge in [-0.25, -0.2) is 0 Å². The Kier molecular flexibility index (Phi) is 4.82. The van der Waals surface area contributed by atoms with Gasteiger partial charge in [-0.05, 0) is 30.9 Å². The average molecular weight is 278 g/mol. The van der Waals surface area contributed by atoms with E-state index in [4.69, 9.17) is 4.42 Å². The zero-order valence-electron chi connectivity index (χ0n) is 12.2. The third-order valence-electron chi connectivity index (χ3n) is 3.83. The first-order valence-corrected chi connectivity index (χ1v) is 7.12. The van der Waals surface area contributed by atoms with Crippen LogP contribution in [0, 0.1) is 5.92 Å². The summed E-state index contributed by atoms with van der Waals surface area (Å²) in [6.07, 6.45) is 3.66. The maximum Gasteiger partial charge on any atom is 0.242 e. The van der Waals surface area contributed by atoms with Gasteiger partial charge in [0.2, 0.25) is 11.8 Å². The second-order valence-corrected chi connectivity index (χ2v) is 5.52. The summed E-state index contributed by atoms with van der Waals surface area (Å²) < 4.78 is 5.24. The van der Waals surface area contributed by atoms with Crippen LogP contribution < -0.4 is 0 Å². The van der Waals surface area contributed by atoms with Crippen molar-refractivity contribution < 1.29 is 14.0 Å². The number of carbonyl (C=O) groups excluding carboxylic acids is 2. The molecule has 1 aromatic heterocycles. The SMILES string of the molecule is CC(=O)N(CC(=O)N1CCC(C)CC1)Cc1ccco1. The molecule has 0 spiro atoms. The van der Waals surface area contributed by atoms with Crippen LogP contribution >= 0.6 is 0 Å². The van der Waals surface area contributed by atoms with Crippen molar-refractivity contribution in [2.75, 3.05) is 19.6 Å². The normalized spacial score (nSPS) is 16.2. The Balaban J connectivity index is 1.90. The van der Waals surface area contributed by atoms with Gasteiger partial charge in [0.1, 0.15) is 12.3 Å². The molecule has 1 aromatic rings. The van der Waals surface area contributed by atoms with Crippen molar-refractivity contribution in [2.45, 2.75) is 33.2 Å². The quantitative estimate of drug-likeness (QED) is 0.845. The zero-order valence-corrected chi connectivity index (χ0v) is 12.2. The van der Waals surface area contributed by atoms with Crippen molar-refractivity contribution in [3.05, 3.63) is 24.2 Å². The molecule has 1 saturated heterocycles. The molecule has 2 amide bonds. The summed E-state index contributed by atoms with van der Waals surface area (Å²) in [5, 5.41) is 0. The minimum Gasteiger partial charge on any atom is -0.467 e. The number of piperidine rings is 1. The molecule has 5 heteroatoms. The molecule has 0 aliphatic carbocycles. The molecule has 1 aliphatic heterocycles. The topological polar surface area (TPSA) is 53.8 Å². The lowest BCUT2D eigenvalue weighted by molar-refractivity contribution is -0.140. The fourth-order valence-electron chi connectivity index (χ4n) is 2.39. The maximum absolute atomic E-state index is 12.2. The first-order chi connectivity index (χ1) is 9.56. The number of hydrogen-bond acceptors (Lipinski definition) is 3. The Morgan fingerprint density at radius 3 is 2.65 bits per heavy atom. The highest BCUT2D eigenvalue weighted by Crippen LogP contribution is 2.16. The number of likely N-dealkylation sites (tertiary alicyclic amines) is 1. The first kappa shape index (κ1) is 14.6. The number of hydrogen-bond donors (Lipinski definition) is 0. The molecule has 0 radical (unpaired) electrons. The van der Waals surface area contributed by atoms with Crippen molar-refractivity contribution in [2.24, 2.45) is 5.92 Å². The molecule has 0 bridgehead atoms. The van der Waals surface area contributed by atoms with Gasteiger partial charge in [-0.2, -0.15) is 0 Å². The van der Waals surface area contributed by atoms with Crippen LogP contribution in [0.15, 0.2) is 22.8 Å². The molecule has 1 aliphatic rings. The van der Waals surface area contributed by atoms with E-state index in [-0.39, 0.29) is 18.4 Å². The average Bonchev–Trinajstić information content (AvgIpc) is 2.91. The van der Waals surface area contributed by atoms with E-state index in [1.807, 2.05) is 11.0 Å². The standard InChI is InChI=1S/C15H22N2O3/c1-12-5-7-16(8-6-12)15(19)11-17(13(2)18)10-14-4-3-9-20-14/h3-4,9,12H,5-8,10-11H2,1-2H3. The number of furan rings is 1. The monoisotopic (exact) mass is 278 g/mol. The van der Waals surface area contributed by atoms with Crippen LogP contribution in [0.25, 0.3) is 0 Å². The van der Waals surface area contributed by atoms with Crippen molar-refractivity contribution in [1.29, 1.82) is 0 Å². The Bertz CT molecular complexity index is 448. The van der Waals surface area contributed by atoms with Gasteiger partial charge in [0.15, 0.2) is 0 Å². The van der Waals surface area contributed by atoms with Gasteiger partial charge >= 0.3 is 0 Å². The summed E-state index contributed by atoms with van der Waals surface area (Å²) in [5.41, 5.74) is 0. The molecule has 2 rings (SSSR count). The molecule has 1 fully saturated rings. The van der Waals surface area contributed by atoms with Crippen LogP contribution in [0.1, 0.15) is 32.4 Å². The van der Waals surface area contributed by atoms with Crippen LogP contribution in [0.4, 0.5) is 0 Å². The summed E-state index contributed by atoms with van der Waals surface area (Å²) in [5.74, 6) is 1.30. The van der Waals surface area contributed by atoms with E-state index in [1.165, 1.54) is 11.8 Å². The van der Waals surface area contributed by atoms with E-state index < -0.39 is 0 Å². The van der Waals surface area contributed by atoms with Crippen LogP contribution in [-0.2, 0) is 16.1 Å². The Labute approximate surface area is 119 Å². The summed E-state index contributed by atoms with van der Waals surface area (Å²) in [7, 11) is 0. The molecule has 0 unspecified atom stereocenters. The highest BCUT2D eigenvalue weighted by atomic mass is 16.3. The fourth-order valence-corrected chi connectivity index (χ4v) is 2.39. The van der Waals surface area contributed by atoms with Gasteiger partial charge in [-0.15, -0.1) is 0 Å². The second kappa shape index (κ2) is 6.59. The Morgan fingerprint density at radius 2 is 2.10 bits per heavy atom. The van der Waals surface area contributed by atoms with Crippen LogP contribution in [-0.4, -0.2) is 41.2 Å². The van der Waals surface area contributed by atoms with E-state index in [0.717, 1.165) is 25.9 Å². The molecular weight excluding hydrogens is 256 g/mol. The largest absolute Gasteiger partial charge is 0.467 e. The molecule has 0 N–H and O–H groups in total. The predicted octanol–water partition coefficient (Wildman–Crippen LogP) is 1.89. The van der Waals surface area contributed by atoms with E-state index in [1.54, 1.807) is 12.3 Å². The van der Waals surface area contributed by atoms with Crippen molar-refractivity contribution in [1.82, 2.24) is 9.80 Å². The highest BCUT2D eigenvalue weighted by molar-refractivity contribution is 5.83. The lowest BCUT2D eigenvalue weighted by atomic mass is 9.99. The minimum atomic E-state index is -0.111. The molecule has 5 nitrogen and oxygen atoms in total. The number of rotatable bonds is 4. The third kappa shape index (κ3) is 3.85. The van der Waals surface area contributed by atoms with Gasteiger partial charge in [0, 0.05) is 20.0 Å². The van der Waals surface area contributed by atoms with Gasteiger partial charge < -0.3 is 14.2 Å². The zero-order chi connectivity index (χ0) is 14.5. The van der Waals surface area contributed by atoms with E-state index >= 15 is 0 Å². The van der Waals surface area contributed by atoms with Gasteiger partial charge in [0.05, 0.1) is 12.8 Å². The number of amides is 2. The molecule has 20 heavy (non-hydrogen) atoms. The molecule has 0 atom stereocenters. The molecule has 2 heterocycles. The third-order valence-corrected chi connectivity index (χ3v) is 3.83. The van der Waals surface area contributed by atoms with Crippen molar-refractivity contribution in [3.8, 4) is 0 Å². The van der Waals surface area contributed by atoms with E-state index in [2.05, 4.69) is 6.92 Å². The smallest absolute Gasteiger partial charge is 0.242 e. The van der Waals surface area contributed by atoms with Crippen LogP contribution in [0.2, 0.25) is 0 Å². The minimum absolute atomic E-state index is 0.0265. The Morgan fingerprint density at radius 1 is 1.40 bits per heavy atom. The highest BCUT2D eigenvalue weighted by Gasteiger charge is 2.23. The summed E-state index contributed by atoms with van der Waals surface area (Å²) in [6.45, 7) is 5.76. The molecule has 0 aromatic carbocycles. The van der Waals surface area contributed by atoms with Crippen LogP contribution in [0.5, 0.6) is 0 Å². The van der Waals surface area contributed by atoms with Gasteiger partial charge in [0.25, 0.3) is 0 Å². The van der Waals surface area contributed by atoms with E-state index in [0.29, 0.717) is 18.2 Å². The second-order valence-electron chi connectivity index (χ2n) is 5.52. The van der Waals surface area contributed by atoms with Crippen molar-refractivity contribution >= 4 is 11.8 Å². The molecule has 110 valence electrons. The molecule has 0 saturated carbocycles. The summed E-state index contributed by atoms with van der Waals surface area (Å²) in [6, 6.07) is 3.59. The van der Waals surface area contributed by atoms with E-state index in [9.17, 15) is 9.59 Å². The van der Waals surface area contributed by atoms with Crippen LogP contribution in [0.3, 0.4) is 0 Å². The van der Waals surface area contributed by atoms with Gasteiger partial charge in [-0.1, -0.05) is 6.92 Å². The summed E-state index contributed by atoms with van der Waals surface area (Å²) >= 11 is 0. The first-order valence-electron chi connectivity index (χ1n) is 7.12. The number of carbonyl (C=O) groups is 2.